The van der Waals surface area contributed by atoms with Gasteiger partial charge < -0.3 is 5.32 Å². The number of aryl methyl sites for hydroxylation is 1. The molecule has 0 radical (unpaired) electrons. The Morgan fingerprint density at radius 3 is 2.91 bits per heavy atom. The fourth-order valence-corrected chi connectivity index (χ4v) is 3.29. The van der Waals surface area contributed by atoms with Gasteiger partial charge in [0.25, 0.3) is 0 Å². The Hall–Kier alpha value is -2.20. The minimum absolute atomic E-state index is 0.124. The van der Waals surface area contributed by atoms with E-state index in [1.165, 1.54) is 23.3 Å². The minimum Gasteiger partial charge on any atom is -0.325 e. The Morgan fingerprint density at radius 1 is 1.26 bits per heavy atom. The number of hydrogen-bond donors (Lipinski definition) is 1. The molecule has 1 N–H and O–H groups in total. The van der Waals surface area contributed by atoms with Gasteiger partial charge in [0.2, 0.25) is 5.91 Å². The number of fused-ring (bicyclic) bond motifs is 1. The van der Waals surface area contributed by atoms with Gasteiger partial charge in [-0.15, -0.1) is 0 Å². The van der Waals surface area contributed by atoms with Crippen molar-refractivity contribution in [3.63, 3.8) is 0 Å². The molecule has 4 heteroatoms. The second kappa shape index (κ2) is 6.92. The summed E-state index contributed by atoms with van der Waals surface area (Å²) < 4.78 is 13.2. The summed E-state index contributed by atoms with van der Waals surface area (Å²) in [6.45, 7) is 0.287. The minimum atomic E-state index is -0.350. The number of nitrogens with one attached hydrogen (secondary N) is 1. The Labute approximate surface area is 136 Å². The van der Waals surface area contributed by atoms with Crippen molar-refractivity contribution < 1.29 is 9.18 Å². The highest BCUT2D eigenvalue weighted by molar-refractivity contribution is 5.92. The lowest BCUT2D eigenvalue weighted by molar-refractivity contribution is -0.117. The monoisotopic (exact) mass is 312 g/mol. The summed E-state index contributed by atoms with van der Waals surface area (Å²) in [5, 5.41) is 2.76. The summed E-state index contributed by atoms with van der Waals surface area (Å²) in [4.78, 5) is 14.3. The van der Waals surface area contributed by atoms with E-state index in [2.05, 4.69) is 34.5 Å². The first kappa shape index (κ1) is 15.7. The Balaban J connectivity index is 1.65. The van der Waals surface area contributed by atoms with E-state index in [1.54, 1.807) is 12.1 Å². The molecular formula is C19H21FN2O. The summed E-state index contributed by atoms with van der Waals surface area (Å²) in [7, 11) is 1.97. The molecule has 1 aliphatic rings. The summed E-state index contributed by atoms with van der Waals surface area (Å²) in [5.74, 6) is -0.474. The van der Waals surface area contributed by atoms with Crippen LogP contribution in [0.3, 0.4) is 0 Å². The average molecular weight is 312 g/mol. The van der Waals surface area contributed by atoms with Crippen LogP contribution in [0, 0.1) is 5.82 Å². The first-order valence-electron chi connectivity index (χ1n) is 7.97. The number of amides is 1. The van der Waals surface area contributed by atoms with E-state index in [0.29, 0.717) is 5.69 Å². The van der Waals surface area contributed by atoms with Crippen LogP contribution in [-0.4, -0.2) is 24.4 Å². The number of benzene rings is 2. The third-order valence-corrected chi connectivity index (χ3v) is 4.37. The van der Waals surface area contributed by atoms with Crippen LogP contribution in [0.1, 0.15) is 30.0 Å². The van der Waals surface area contributed by atoms with E-state index in [9.17, 15) is 9.18 Å². The SMILES string of the molecule is CN(CC(=O)Nc1cccc(F)c1)C1CCCc2ccccc21. The second-order valence-corrected chi connectivity index (χ2v) is 6.08. The fourth-order valence-electron chi connectivity index (χ4n) is 3.29. The molecule has 23 heavy (non-hydrogen) atoms. The number of halogens is 1. The van der Waals surface area contributed by atoms with E-state index in [4.69, 9.17) is 0 Å². The molecule has 2 aromatic rings. The first-order chi connectivity index (χ1) is 11.1. The Bertz CT molecular complexity index is 701. The number of rotatable bonds is 4. The van der Waals surface area contributed by atoms with Crippen molar-refractivity contribution in [1.29, 1.82) is 0 Å². The molecule has 0 spiro atoms. The maximum absolute atomic E-state index is 13.2. The molecule has 0 aliphatic heterocycles. The number of carbonyl (C=O) groups excluding carboxylic acids is 1. The highest BCUT2D eigenvalue weighted by Gasteiger charge is 2.24. The second-order valence-electron chi connectivity index (χ2n) is 6.08. The molecule has 1 atom stereocenters. The largest absolute Gasteiger partial charge is 0.325 e. The molecule has 3 rings (SSSR count). The lowest BCUT2D eigenvalue weighted by atomic mass is 9.87. The van der Waals surface area contributed by atoms with E-state index in [-0.39, 0.29) is 24.3 Å². The van der Waals surface area contributed by atoms with Crippen LogP contribution in [0.25, 0.3) is 0 Å². The van der Waals surface area contributed by atoms with Crippen LogP contribution in [0.4, 0.5) is 10.1 Å². The summed E-state index contributed by atoms with van der Waals surface area (Å²) >= 11 is 0. The van der Waals surface area contributed by atoms with Crippen molar-refractivity contribution in [2.24, 2.45) is 0 Å². The van der Waals surface area contributed by atoms with E-state index in [0.717, 1.165) is 19.3 Å². The predicted molar refractivity (Wildman–Crippen MR) is 89.8 cm³/mol. The molecule has 0 bridgehead atoms. The zero-order valence-electron chi connectivity index (χ0n) is 13.3. The molecular weight excluding hydrogens is 291 g/mol. The summed E-state index contributed by atoms with van der Waals surface area (Å²) in [6, 6.07) is 14.7. The Kier molecular flexibility index (Phi) is 4.72. The van der Waals surface area contributed by atoms with Gasteiger partial charge in [0.05, 0.1) is 6.54 Å². The predicted octanol–water partition coefficient (Wildman–Crippen LogP) is 3.77. The van der Waals surface area contributed by atoms with Crippen LogP contribution >= 0.6 is 0 Å². The quantitative estimate of drug-likeness (QED) is 0.932. The number of nitrogens with zero attached hydrogens (tertiary/aromatic N) is 1. The van der Waals surface area contributed by atoms with Crippen molar-refractivity contribution in [2.45, 2.75) is 25.3 Å². The zero-order valence-corrected chi connectivity index (χ0v) is 13.3. The van der Waals surface area contributed by atoms with Crippen LogP contribution in [0.15, 0.2) is 48.5 Å². The molecule has 1 amide bonds. The van der Waals surface area contributed by atoms with Crippen molar-refractivity contribution in [3.8, 4) is 0 Å². The lowest BCUT2D eigenvalue weighted by Crippen LogP contribution is -2.34. The summed E-state index contributed by atoms with van der Waals surface area (Å²) in [6.07, 6.45) is 3.30. The van der Waals surface area contributed by atoms with Crippen molar-refractivity contribution in [1.82, 2.24) is 4.90 Å². The lowest BCUT2D eigenvalue weighted by Gasteiger charge is -2.32. The first-order valence-corrected chi connectivity index (χ1v) is 7.97. The summed E-state index contributed by atoms with van der Waals surface area (Å²) in [5.41, 5.74) is 3.19. The van der Waals surface area contributed by atoms with Gasteiger partial charge in [-0.25, -0.2) is 4.39 Å². The highest BCUT2D eigenvalue weighted by atomic mass is 19.1. The number of hydrogen-bond acceptors (Lipinski definition) is 2. The van der Waals surface area contributed by atoms with Crippen molar-refractivity contribution in [3.05, 3.63) is 65.5 Å². The van der Waals surface area contributed by atoms with Crippen LogP contribution in [0.5, 0.6) is 0 Å². The fraction of sp³-hybridized carbons (Fsp3) is 0.316. The normalized spacial score (nSPS) is 16.9. The third kappa shape index (κ3) is 3.77. The van der Waals surface area contributed by atoms with Gasteiger partial charge in [0.15, 0.2) is 0 Å². The van der Waals surface area contributed by atoms with Crippen LogP contribution in [0.2, 0.25) is 0 Å². The molecule has 0 saturated carbocycles. The molecule has 0 fully saturated rings. The average Bonchev–Trinajstić information content (AvgIpc) is 2.54. The van der Waals surface area contributed by atoms with Crippen molar-refractivity contribution >= 4 is 11.6 Å². The Morgan fingerprint density at radius 2 is 2.09 bits per heavy atom. The van der Waals surface area contributed by atoms with Crippen LogP contribution in [-0.2, 0) is 11.2 Å². The third-order valence-electron chi connectivity index (χ3n) is 4.37. The standard InChI is InChI=1S/C19H21FN2O/c1-22(13-19(23)21-16-9-5-8-15(20)12-16)18-11-4-7-14-6-2-3-10-17(14)18/h2-3,5-6,8-10,12,18H,4,7,11,13H2,1H3,(H,21,23). The molecule has 3 nitrogen and oxygen atoms in total. The molecule has 2 aromatic carbocycles. The van der Waals surface area contributed by atoms with E-state index < -0.39 is 0 Å². The van der Waals surface area contributed by atoms with Gasteiger partial charge in [0, 0.05) is 11.7 Å². The van der Waals surface area contributed by atoms with Gasteiger partial charge >= 0.3 is 0 Å². The number of anilines is 1. The number of likely N-dealkylation sites (N-methyl/N-ethyl adjacent to an activating group) is 1. The maximum atomic E-state index is 13.2. The molecule has 0 aromatic heterocycles. The topological polar surface area (TPSA) is 32.3 Å². The van der Waals surface area contributed by atoms with Gasteiger partial charge in [-0.05, 0) is 55.6 Å². The van der Waals surface area contributed by atoms with Gasteiger partial charge in [-0.3, -0.25) is 9.69 Å². The van der Waals surface area contributed by atoms with Gasteiger partial charge in [-0.1, -0.05) is 30.3 Å². The zero-order chi connectivity index (χ0) is 16.2. The van der Waals surface area contributed by atoms with Gasteiger partial charge in [-0.2, -0.15) is 0 Å². The van der Waals surface area contributed by atoms with Crippen molar-refractivity contribution in [2.75, 3.05) is 18.9 Å². The molecule has 0 saturated heterocycles. The highest BCUT2D eigenvalue weighted by Crippen LogP contribution is 2.33. The van der Waals surface area contributed by atoms with Crippen LogP contribution < -0.4 is 5.32 Å². The molecule has 0 heterocycles. The number of carbonyl (C=O) groups is 1. The maximum Gasteiger partial charge on any atom is 0.238 e. The molecule has 1 aliphatic carbocycles. The smallest absolute Gasteiger partial charge is 0.238 e. The van der Waals surface area contributed by atoms with Gasteiger partial charge in [0.1, 0.15) is 5.82 Å². The molecule has 120 valence electrons. The van der Waals surface area contributed by atoms with E-state index in [1.807, 2.05) is 7.05 Å². The molecule has 1 unspecified atom stereocenters. The van der Waals surface area contributed by atoms with E-state index >= 15 is 0 Å².